The Morgan fingerprint density at radius 1 is 1.33 bits per heavy atom. The molecule has 1 aliphatic rings. The van der Waals surface area contributed by atoms with Crippen LogP contribution < -0.4 is 4.90 Å². The molecule has 0 amide bonds. The van der Waals surface area contributed by atoms with Gasteiger partial charge in [-0.2, -0.15) is 0 Å². The molecular formula is C16H18F2N2O. The molecule has 1 N–H and O–H groups in total. The predicted octanol–water partition coefficient (Wildman–Crippen LogP) is 3.03. The fourth-order valence-corrected chi connectivity index (χ4v) is 2.95. The van der Waals surface area contributed by atoms with Crippen molar-refractivity contribution in [3.05, 3.63) is 35.5 Å². The third-order valence-electron chi connectivity index (χ3n) is 4.18. The first-order chi connectivity index (χ1) is 9.97. The molecule has 1 fully saturated rings. The molecule has 0 saturated carbocycles. The Morgan fingerprint density at radius 2 is 2.10 bits per heavy atom. The lowest BCUT2D eigenvalue weighted by Crippen LogP contribution is -2.42. The number of fused-ring (bicyclic) bond motifs is 1. The van der Waals surface area contributed by atoms with Crippen LogP contribution in [-0.2, 0) is 0 Å². The number of rotatable bonds is 1. The molecule has 1 aromatic carbocycles. The van der Waals surface area contributed by atoms with E-state index in [1.165, 1.54) is 0 Å². The van der Waals surface area contributed by atoms with Gasteiger partial charge in [-0.25, -0.2) is 13.8 Å². The minimum Gasteiger partial charge on any atom is -0.393 e. The lowest BCUT2D eigenvalue weighted by molar-refractivity contribution is 0.0971. The summed E-state index contributed by atoms with van der Waals surface area (Å²) in [7, 11) is 0. The van der Waals surface area contributed by atoms with Gasteiger partial charge in [0.1, 0.15) is 5.52 Å². The van der Waals surface area contributed by atoms with Crippen LogP contribution in [0.25, 0.3) is 10.9 Å². The molecule has 1 aromatic heterocycles. The SMILES string of the molecule is Cc1cc(N2CC[C@H](O)[C@H](C)C2)c2ccc(F)c(F)c2n1. The number of aliphatic hydroxyl groups excluding tert-OH is 1. The molecule has 2 aromatic rings. The molecule has 2 heterocycles. The van der Waals surface area contributed by atoms with E-state index < -0.39 is 11.6 Å². The molecule has 0 spiro atoms. The molecule has 1 aliphatic heterocycles. The monoisotopic (exact) mass is 292 g/mol. The minimum atomic E-state index is -0.900. The summed E-state index contributed by atoms with van der Waals surface area (Å²) in [5.41, 5.74) is 1.58. The molecule has 0 bridgehead atoms. The van der Waals surface area contributed by atoms with Crippen LogP contribution in [0, 0.1) is 24.5 Å². The van der Waals surface area contributed by atoms with Gasteiger partial charge >= 0.3 is 0 Å². The van der Waals surface area contributed by atoms with Crippen molar-refractivity contribution >= 4 is 16.6 Å². The Labute approximate surface area is 122 Å². The van der Waals surface area contributed by atoms with E-state index in [9.17, 15) is 13.9 Å². The van der Waals surface area contributed by atoms with Gasteiger partial charge in [0.05, 0.1) is 6.10 Å². The summed E-state index contributed by atoms with van der Waals surface area (Å²) in [5.74, 6) is -1.64. The highest BCUT2D eigenvalue weighted by molar-refractivity contribution is 5.92. The van der Waals surface area contributed by atoms with Gasteiger partial charge < -0.3 is 10.0 Å². The van der Waals surface area contributed by atoms with Gasteiger partial charge in [-0.05, 0) is 37.5 Å². The van der Waals surface area contributed by atoms with Crippen LogP contribution in [-0.4, -0.2) is 29.3 Å². The summed E-state index contributed by atoms with van der Waals surface area (Å²) >= 11 is 0. The van der Waals surface area contributed by atoms with Crippen molar-refractivity contribution in [2.45, 2.75) is 26.4 Å². The van der Waals surface area contributed by atoms with Crippen molar-refractivity contribution in [2.75, 3.05) is 18.0 Å². The normalized spacial score (nSPS) is 22.8. The highest BCUT2D eigenvalue weighted by Crippen LogP contribution is 2.32. The molecule has 0 unspecified atom stereocenters. The first kappa shape index (κ1) is 14.2. The molecule has 0 radical (unpaired) electrons. The molecule has 2 atom stereocenters. The number of hydrogen-bond donors (Lipinski definition) is 1. The standard InChI is InChI=1S/C16H18F2N2O/c1-9-8-20(6-5-14(9)21)13-7-10(2)19-16-11(13)3-4-12(17)15(16)18/h3-4,7,9,14,21H,5-6,8H2,1-2H3/t9-,14+/m1/s1. The molecule has 21 heavy (non-hydrogen) atoms. The number of piperidine rings is 1. The van der Waals surface area contributed by atoms with E-state index in [0.29, 0.717) is 30.6 Å². The zero-order valence-electron chi connectivity index (χ0n) is 12.1. The van der Waals surface area contributed by atoms with Crippen LogP contribution in [0.15, 0.2) is 18.2 Å². The van der Waals surface area contributed by atoms with Gasteiger partial charge in [-0.15, -0.1) is 0 Å². The largest absolute Gasteiger partial charge is 0.393 e. The van der Waals surface area contributed by atoms with Crippen LogP contribution in [0.3, 0.4) is 0 Å². The fourth-order valence-electron chi connectivity index (χ4n) is 2.95. The van der Waals surface area contributed by atoms with E-state index in [0.717, 1.165) is 11.8 Å². The molecule has 112 valence electrons. The molecule has 1 saturated heterocycles. The minimum absolute atomic E-state index is 0.0729. The first-order valence-corrected chi connectivity index (χ1v) is 7.15. The van der Waals surface area contributed by atoms with Crippen molar-refractivity contribution in [1.29, 1.82) is 0 Å². The Morgan fingerprint density at radius 3 is 2.81 bits per heavy atom. The number of benzene rings is 1. The van der Waals surface area contributed by atoms with E-state index in [4.69, 9.17) is 0 Å². The number of nitrogens with zero attached hydrogens (tertiary/aromatic N) is 2. The molecular weight excluding hydrogens is 274 g/mol. The lowest BCUT2D eigenvalue weighted by Gasteiger charge is -2.36. The van der Waals surface area contributed by atoms with Gasteiger partial charge in [0.15, 0.2) is 11.6 Å². The smallest absolute Gasteiger partial charge is 0.185 e. The van der Waals surface area contributed by atoms with Crippen molar-refractivity contribution in [3.63, 3.8) is 0 Å². The average Bonchev–Trinajstić information content (AvgIpc) is 2.45. The van der Waals surface area contributed by atoms with Gasteiger partial charge in [0.25, 0.3) is 0 Å². The lowest BCUT2D eigenvalue weighted by atomic mass is 9.95. The van der Waals surface area contributed by atoms with Crippen LogP contribution in [0.4, 0.5) is 14.5 Å². The average molecular weight is 292 g/mol. The van der Waals surface area contributed by atoms with Gasteiger partial charge in [0.2, 0.25) is 0 Å². The van der Waals surface area contributed by atoms with Gasteiger partial charge in [-0.1, -0.05) is 6.92 Å². The van der Waals surface area contributed by atoms with E-state index in [1.54, 1.807) is 13.0 Å². The first-order valence-electron chi connectivity index (χ1n) is 7.15. The van der Waals surface area contributed by atoms with Gasteiger partial charge in [-0.3, -0.25) is 0 Å². The highest BCUT2D eigenvalue weighted by atomic mass is 19.2. The number of aryl methyl sites for hydroxylation is 1. The van der Waals surface area contributed by atoms with Crippen molar-refractivity contribution < 1.29 is 13.9 Å². The number of aromatic nitrogens is 1. The second kappa shape index (κ2) is 5.22. The Balaban J connectivity index is 2.12. The van der Waals surface area contributed by atoms with Crippen molar-refractivity contribution in [2.24, 2.45) is 5.92 Å². The van der Waals surface area contributed by atoms with Crippen molar-refractivity contribution in [3.8, 4) is 0 Å². The zero-order valence-corrected chi connectivity index (χ0v) is 12.1. The third-order valence-corrected chi connectivity index (χ3v) is 4.18. The number of aliphatic hydroxyl groups is 1. The van der Waals surface area contributed by atoms with Crippen LogP contribution >= 0.6 is 0 Å². The summed E-state index contributed by atoms with van der Waals surface area (Å²) in [6.45, 7) is 5.16. The molecule has 0 aliphatic carbocycles. The Kier molecular flexibility index (Phi) is 3.53. The summed E-state index contributed by atoms with van der Waals surface area (Å²) in [5, 5.41) is 10.5. The number of halogens is 2. The summed E-state index contributed by atoms with van der Waals surface area (Å²) in [6, 6.07) is 4.61. The number of pyridine rings is 1. The van der Waals surface area contributed by atoms with E-state index in [-0.39, 0.29) is 17.5 Å². The quantitative estimate of drug-likeness (QED) is 0.877. The van der Waals surface area contributed by atoms with Gasteiger partial charge in [0, 0.05) is 29.9 Å². The highest BCUT2D eigenvalue weighted by Gasteiger charge is 2.26. The van der Waals surface area contributed by atoms with E-state index in [2.05, 4.69) is 9.88 Å². The Hall–Kier alpha value is -1.75. The maximum atomic E-state index is 14.0. The molecule has 5 heteroatoms. The fraction of sp³-hybridized carbons (Fsp3) is 0.438. The summed E-state index contributed by atoms with van der Waals surface area (Å²) in [6.07, 6.45) is 0.373. The maximum Gasteiger partial charge on any atom is 0.185 e. The van der Waals surface area contributed by atoms with E-state index in [1.807, 2.05) is 13.0 Å². The van der Waals surface area contributed by atoms with Crippen LogP contribution in [0.2, 0.25) is 0 Å². The predicted molar refractivity (Wildman–Crippen MR) is 78.4 cm³/mol. The molecule has 3 nitrogen and oxygen atoms in total. The second-order valence-corrected chi connectivity index (χ2v) is 5.82. The van der Waals surface area contributed by atoms with Crippen LogP contribution in [0.5, 0.6) is 0 Å². The zero-order chi connectivity index (χ0) is 15.1. The van der Waals surface area contributed by atoms with E-state index >= 15 is 0 Å². The Bertz CT molecular complexity index is 690. The number of anilines is 1. The number of hydrogen-bond acceptors (Lipinski definition) is 3. The third kappa shape index (κ3) is 2.46. The maximum absolute atomic E-state index is 14.0. The molecule has 3 rings (SSSR count). The van der Waals surface area contributed by atoms with Crippen molar-refractivity contribution in [1.82, 2.24) is 4.98 Å². The van der Waals surface area contributed by atoms with Crippen LogP contribution in [0.1, 0.15) is 19.0 Å². The summed E-state index contributed by atoms with van der Waals surface area (Å²) in [4.78, 5) is 6.25. The second-order valence-electron chi connectivity index (χ2n) is 5.82. The summed E-state index contributed by atoms with van der Waals surface area (Å²) < 4.78 is 27.4. The topological polar surface area (TPSA) is 36.4 Å².